The molecule has 2 heteroatoms. The van der Waals surface area contributed by atoms with Gasteiger partial charge in [-0.2, -0.15) is 0 Å². The third kappa shape index (κ3) is 5.53. The van der Waals surface area contributed by atoms with Crippen molar-refractivity contribution in [3.8, 4) is 0 Å². The van der Waals surface area contributed by atoms with Gasteiger partial charge >= 0.3 is 0 Å². The van der Waals surface area contributed by atoms with E-state index in [0.29, 0.717) is 12.5 Å². The number of hydrogen-bond donors (Lipinski definition) is 2. The third-order valence-electron chi connectivity index (χ3n) is 3.60. The van der Waals surface area contributed by atoms with Crippen molar-refractivity contribution in [3.63, 3.8) is 0 Å². The van der Waals surface area contributed by atoms with Gasteiger partial charge in [-0.25, -0.2) is 0 Å². The molecule has 1 rings (SSSR count). The number of rotatable bonds is 6. The van der Waals surface area contributed by atoms with Crippen LogP contribution in [0, 0.1) is 5.92 Å². The van der Waals surface area contributed by atoms with Gasteiger partial charge in [0.2, 0.25) is 0 Å². The molecule has 0 aromatic heterocycles. The van der Waals surface area contributed by atoms with Crippen LogP contribution in [0.4, 0.5) is 0 Å². The summed E-state index contributed by atoms with van der Waals surface area (Å²) in [5.74, 6) is 0.557. The molecule has 0 heterocycles. The van der Waals surface area contributed by atoms with E-state index in [1.54, 1.807) is 0 Å². The SMILES string of the molecule is OCCCCCCC1CCCCCC1O. The highest BCUT2D eigenvalue weighted by Gasteiger charge is 2.20. The Labute approximate surface area is 93.7 Å². The number of aliphatic hydroxyl groups excluding tert-OH is 2. The van der Waals surface area contributed by atoms with E-state index in [1.165, 1.54) is 44.9 Å². The summed E-state index contributed by atoms with van der Waals surface area (Å²) in [6.45, 7) is 0.325. The Morgan fingerprint density at radius 1 is 0.867 bits per heavy atom. The average molecular weight is 214 g/mol. The van der Waals surface area contributed by atoms with Gasteiger partial charge in [-0.15, -0.1) is 0 Å². The molecule has 2 unspecified atom stereocenters. The van der Waals surface area contributed by atoms with E-state index in [4.69, 9.17) is 5.11 Å². The molecule has 2 nitrogen and oxygen atoms in total. The summed E-state index contributed by atoms with van der Waals surface area (Å²) in [6, 6.07) is 0. The first kappa shape index (κ1) is 13.0. The molecule has 1 fully saturated rings. The maximum atomic E-state index is 9.91. The summed E-state index contributed by atoms with van der Waals surface area (Å²) in [4.78, 5) is 0. The molecule has 0 saturated heterocycles. The molecule has 0 spiro atoms. The summed E-state index contributed by atoms with van der Waals surface area (Å²) in [5, 5.41) is 18.6. The Kier molecular flexibility index (Phi) is 7.03. The fraction of sp³-hybridized carbons (Fsp3) is 1.00. The van der Waals surface area contributed by atoms with Gasteiger partial charge in [0, 0.05) is 6.61 Å². The van der Waals surface area contributed by atoms with Crippen molar-refractivity contribution in [1.82, 2.24) is 0 Å². The van der Waals surface area contributed by atoms with Crippen LogP contribution in [0.25, 0.3) is 0 Å². The first-order chi connectivity index (χ1) is 7.34. The van der Waals surface area contributed by atoms with Crippen LogP contribution >= 0.6 is 0 Å². The van der Waals surface area contributed by atoms with Crippen molar-refractivity contribution in [1.29, 1.82) is 0 Å². The highest BCUT2D eigenvalue weighted by Crippen LogP contribution is 2.27. The van der Waals surface area contributed by atoms with Crippen molar-refractivity contribution in [2.24, 2.45) is 5.92 Å². The molecule has 2 atom stereocenters. The van der Waals surface area contributed by atoms with Crippen LogP contribution in [0.5, 0.6) is 0 Å². The molecule has 1 aliphatic rings. The van der Waals surface area contributed by atoms with E-state index in [2.05, 4.69) is 0 Å². The molecule has 0 amide bonds. The Balaban J connectivity index is 2.07. The second-order valence-corrected chi connectivity index (χ2v) is 4.89. The van der Waals surface area contributed by atoms with Crippen molar-refractivity contribution in [2.45, 2.75) is 70.3 Å². The predicted octanol–water partition coefficient (Wildman–Crippen LogP) is 2.87. The lowest BCUT2D eigenvalue weighted by atomic mass is 9.91. The molecule has 2 N–H and O–H groups in total. The topological polar surface area (TPSA) is 40.5 Å². The van der Waals surface area contributed by atoms with Gasteiger partial charge in [0.15, 0.2) is 0 Å². The maximum absolute atomic E-state index is 9.91. The summed E-state index contributed by atoms with van der Waals surface area (Å²) in [6.07, 6.45) is 11.7. The number of unbranched alkanes of at least 4 members (excludes halogenated alkanes) is 3. The van der Waals surface area contributed by atoms with Crippen LogP contribution in [0.3, 0.4) is 0 Å². The Morgan fingerprint density at radius 2 is 1.60 bits per heavy atom. The molecule has 1 aliphatic carbocycles. The fourth-order valence-corrected chi connectivity index (χ4v) is 2.57. The lowest BCUT2D eigenvalue weighted by Crippen LogP contribution is -2.18. The molecular weight excluding hydrogens is 188 g/mol. The Morgan fingerprint density at radius 3 is 2.40 bits per heavy atom. The fourth-order valence-electron chi connectivity index (χ4n) is 2.57. The Hall–Kier alpha value is -0.0800. The predicted molar refractivity (Wildman–Crippen MR) is 62.8 cm³/mol. The van der Waals surface area contributed by atoms with E-state index >= 15 is 0 Å². The van der Waals surface area contributed by atoms with Crippen molar-refractivity contribution >= 4 is 0 Å². The van der Waals surface area contributed by atoms with Crippen molar-refractivity contribution in [3.05, 3.63) is 0 Å². The van der Waals surface area contributed by atoms with Gasteiger partial charge in [0.05, 0.1) is 6.10 Å². The number of aliphatic hydroxyl groups is 2. The van der Waals surface area contributed by atoms with Crippen LogP contribution in [0.2, 0.25) is 0 Å². The van der Waals surface area contributed by atoms with Crippen LogP contribution < -0.4 is 0 Å². The Bertz CT molecular complexity index is 147. The highest BCUT2D eigenvalue weighted by atomic mass is 16.3. The second kappa shape index (κ2) is 8.12. The van der Waals surface area contributed by atoms with Gasteiger partial charge in [-0.05, 0) is 31.6 Å². The smallest absolute Gasteiger partial charge is 0.0568 e. The second-order valence-electron chi connectivity index (χ2n) is 4.89. The zero-order valence-electron chi connectivity index (χ0n) is 9.83. The van der Waals surface area contributed by atoms with Gasteiger partial charge in [-0.3, -0.25) is 0 Å². The summed E-state index contributed by atoms with van der Waals surface area (Å²) in [5.41, 5.74) is 0. The minimum absolute atomic E-state index is 0.0367. The molecule has 0 radical (unpaired) electrons. The molecule has 1 saturated carbocycles. The van der Waals surface area contributed by atoms with Gasteiger partial charge in [-0.1, -0.05) is 38.5 Å². The number of hydrogen-bond acceptors (Lipinski definition) is 2. The van der Waals surface area contributed by atoms with Crippen LogP contribution in [0.1, 0.15) is 64.2 Å². The zero-order chi connectivity index (χ0) is 10.9. The van der Waals surface area contributed by atoms with Gasteiger partial charge in [0.1, 0.15) is 0 Å². The maximum Gasteiger partial charge on any atom is 0.0568 e. The average Bonchev–Trinajstić information content (AvgIpc) is 2.44. The van der Waals surface area contributed by atoms with E-state index < -0.39 is 0 Å². The first-order valence-corrected chi connectivity index (χ1v) is 6.63. The molecule has 0 aromatic carbocycles. The molecule has 15 heavy (non-hydrogen) atoms. The van der Waals surface area contributed by atoms with Gasteiger partial charge < -0.3 is 10.2 Å². The van der Waals surface area contributed by atoms with E-state index in [-0.39, 0.29) is 6.10 Å². The largest absolute Gasteiger partial charge is 0.396 e. The lowest BCUT2D eigenvalue weighted by Gasteiger charge is -2.19. The van der Waals surface area contributed by atoms with Crippen molar-refractivity contribution in [2.75, 3.05) is 6.61 Å². The van der Waals surface area contributed by atoms with E-state index in [9.17, 15) is 5.11 Å². The van der Waals surface area contributed by atoms with Crippen molar-refractivity contribution < 1.29 is 10.2 Å². The summed E-state index contributed by atoms with van der Waals surface area (Å²) < 4.78 is 0. The zero-order valence-corrected chi connectivity index (χ0v) is 9.83. The molecule has 0 bridgehead atoms. The van der Waals surface area contributed by atoms with E-state index in [1.807, 2.05) is 0 Å². The van der Waals surface area contributed by atoms with Crippen LogP contribution in [-0.4, -0.2) is 22.9 Å². The summed E-state index contributed by atoms with van der Waals surface area (Å²) in [7, 11) is 0. The van der Waals surface area contributed by atoms with Gasteiger partial charge in [0.25, 0.3) is 0 Å². The molecule has 0 aromatic rings. The monoisotopic (exact) mass is 214 g/mol. The van der Waals surface area contributed by atoms with Crippen LogP contribution in [-0.2, 0) is 0 Å². The highest BCUT2D eigenvalue weighted by molar-refractivity contribution is 4.72. The minimum atomic E-state index is -0.0367. The molecule has 0 aliphatic heterocycles. The first-order valence-electron chi connectivity index (χ1n) is 6.63. The van der Waals surface area contributed by atoms with E-state index in [0.717, 1.165) is 19.3 Å². The third-order valence-corrected chi connectivity index (χ3v) is 3.60. The van der Waals surface area contributed by atoms with Crippen LogP contribution in [0.15, 0.2) is 0 Å². The standard InChI is InChI=1S/C13H26O2/c14-11-7-2-1-4-8-12-9-5-3-6-10-13(12)15/h12-15H,1-11H2. The normalized spacial score (nSPS) is 27.6. The lowest BCUT2D eigenvalue weighted by molar-refractivity contribution is 0.0941. The quantitative estimate of drug-likeness (QED) is 0.527. The molecule has 90 valence electrons. The summed E-state index contributed by atoms with van der Waals surface area (Å²) >= 11 is 0. The minimum Gasteiger partial charge on any atom is -0.396 e. The molecular formula is C13H26O2.